The molecule has 1 N–H and O–H groups in total. The number of amides is 1. The molecule has 4 aliphatic rings. The average molecular weight is 525 g/mol. The van der Waals surface area contributed by atoms with Crippen molar-refractivity contribution >= 4 is 41.5 Å². The monoisotopic (exact) mass is 525 g/mol. The molecule has 5 rings (SSSR count). The third-order valence-electron chi connectivity index (χ3n) is 7.12. The minimum Gasteiger partial charge on any atom is -0.374 e. The van der Waals surface area contributed by atoms with Gasteiger partial charge in [-0.05, 0) is 25.0 Å². The summed E-state index contributed by atoms with van der Waals surface area (Å²) >= 11 is 0. The first-order chi connectivity index (χ1) is 14.2. The number of rotatable bonds is 3. The quantitative estimate of drug-likeness (QED) is 0.370. The summed E-state index contributed by atoms with van der Waals surface area (Å²) < 4.78 is 6.07. The van der Waals surface area contributed by atoms with Crippen molar-refractivity contribution in [3.63, 3.8) is 0 Å². The molecule has 8 heteroatoms. The number of hydrogen-bond acceptors (Lipinski definition) is 4. The molecule has 1 amide bonds. The van der Waals surface area contributed by atoms with Crippen LogP contribution in [0.4, 0.5) is 5.69 Å². The van der Waals surface area contributed by atoms with Crippen LogP contribution in [0.5, 0.6) is 0 Å². The molecular formula is C22H32IN5O2. The van der Waals surface area contributed by atoms with Crippen LogP contribution in [0.3, 0.4) is 0 Å². The lowest BCUT2D eigenvalue weighted by molar-refractivity contribution is -0.130. The van der Waals surface area contributed by atoms with Gasteiger partial charge in [0.15, 0.2) is 5.96 Å². The van der Waals surface area contributed by atoms with Gasteiger partial charge in [-0.1, -0.05) is 18.2 Å². The zero-order valence-corrected chi connectivity index (χ0v) is 19.9. The van der Waals surface area contributed by atoms with Gasteiger partial charge in [0.05, 0.1) is 18.8 Å². The number of piperazine rings is 1. The molecule has 0 aliphatic carbocycles. The van der Waals surface area contributed by atoms with Crippen molar-refractivity contribution in [1.82, 2.24) is 15.1 Å². The maximum Gasteiger partial charge on any atom is 0.242 e. The van der Waals surface area contributed by atoms with Crippen molar-refractivity contribution < 1.29 is 9.53 Å². The van der Waals surface area contributed by atoms with Crippen LogP contribution in [0.25, 0.3) is 0 Å². The number of carbonyl (C=O) groups is 1. The number of carbonyl (C=O) groups excluding carboxylic acids is 1. The topological polar surface area (TPSA) is 60.4 Å². The normalized spacial score (nSPS) is 30.3. The molecule has 0 radical (unpaired) electrons. The number of ether oxygens (including phenoxy) is 1. The van der Waals surface area contributed by atoms with Gasteiger partial charge in [-0.25, -0.2) is 0 Å². The van der Waals surface area contributed by atoms with E-state index >= 15 is 0 Å². The van der Waals surface area contributed by atoms with Crippen molar-refractivity contribution in [3.8, 4) is 0 Å². The Morgan fingerprint density at radius 2 is 1.67 bits per heavy atom. The standard InChI is InChI=1S/C22H31N5O2.HI/c1-23-22(27-14-17-18(15-27)20-8-7-19(17)29-20)24-13-21(28)26-11-9-25(10-12-26)16-5-3-2-4-6-16;/h2-6,17-20H,7-15H2,1H3,(H,23,24);1H. The highest BCUT2D eigenvalue weighted by Crippen LogP contribution is 2.47. The molecule has 164 valence electrons. The third kappa shape index (κ3) is 4.12. The highest BCUT2D eigenvalue weighted by atomic mass is 127. The van der Waals surface area contributed by atoms with Gasteiger partial charge in [-0.2, -0.15) is 0 Å². The molecular weight excluding hydrogens is 493 g/mol. The van der Waals surface area contributed by atoms with Crippen LogP contribution in [0.15, 0.2) is 35.3 Å². The van der Waals surface area contributed by atoms with Crippen LogP contribution >= 0.6 is 24.0 Å². The first kappa shape index (κ1) is 21.7. The zero-order chi connectivity index (χ0) is 19.8. The summed E-state index contributed by atoms with van der Waals surface area (Å²) in [5, 5.41) is 3.32. The molecule has 1 aromatic rings. The second-order valence-electron chi connectivity index (χ2n) is 8.63. The van der Waals surface area contributed by atoms with E-state index in [9.17, 15) is 4.79 Å². The van der Waals surface area contributed by atoms with Gasteiger partial charge < -0.3 is 24.8 Å². The predicted octanol–water partition coefficient (Wildman–Crippen LogP) is 1.64. The summed E-state index contributed by atoms with van der Waals surface area (Å²) in [7, 11) is 1.81. The highest BCUT2D eigenvalue weighted by molar-refractivity contribution is 14.0. The maximum atomic E-state index is 12.7. The Hall–Kier alpha value is -1.55. The molecule has 1 aromatic carbocycles. The summed E-state index contributed by atoms with van der Waals surface area (Å²) in [5.41, 5.74) is 1.23. The third-order valence-corrected chi connectivity index (χ3v) is 7.12. The van der Waals surface area contributed by atoms with E-state index in [-0.39, 0.29) is 29.9 Å². The Morgan fingerprint density at radius 3 is 2.27 bits per heavy atom. The summed E-state index contributed by atoms with van der Waals surface area (Å²) in [5.74, 6) is 2.28. The molecule has 30 heavy (non-hydrogen) atoms. The zero-order valence-electron chi connectivity index (χ0n) is 17.6. The fourth-order valence-corrected chi connectivity index (χ4v) is 5.58. The van der Waals surface area contributed by atoms with Crippen LogP contribution in [0.1, 0.15) is 12.8 Å². The highest BCUT2D eigenvalue weighted by Gasteiger charge is 2.53. The molecule has 2 bridgehead atoms. The van der Waals surface area contributed by atoms with Crippen molar-refractivity contribution in [2.75, 3.05) is 57.8 Å². The second kappa shape index (κ2) is 9.30. The molecule has 0 saturated carbocycles. The lowest BCUT2D eigenvalue weighted by atomic mass is 9.82. The number of nitrogens with one attached hydrogen (secondary N) is 1. The largest absolute Gasteiger partial charge is 0.374 e. The smallest absolute Gasteiger partial charge is 0.242 e. The van der Waals surface area contributed by atoms with E-state index in [1.54, 1.807) is 0 Å². The van der Waals surface area contributed by atoms with Gasteiger partial charge in [0.2, 0.25) is 5.91 Å². The molecule has 4 heterocycles. The summed E-state index contributed by atoms with van der Waals surface area (Å²) in [6.07, 6.45) is 3.30. The van der Waals surface area contributed by atoms with Crippen molar-refractivity contribution in [2.45, 2.75) is 25.0 Å². The minimum absolute atomic E-state index is 0. The molecule has 4 aliphatic heterocycles. The molecule has 0 aromatic heterocycles. The Bertz CT molecular complexity index is 750. The molecule has 7 nitrogen and oxygen atoms in total. The van der Waals surface area contributed by atoms with Gasteiger partial charge in [0.1, 0.15) is 0 Å². The van der Waals surface area contributed by atoms with Gasteiger partial charge in [-0.15, -0.1) is 24.0 Å². The average Bonchev–Trinajstić information content (AvgIpc) is 3.49. The number of halogens is 1. The van der Waals surface area contributed by atoms with E-state index in [1.165, 1.54) is 18.5 Å². The first-order valence-electron chi connectivity index (χ1n) is 10.9. The van der Waals surface area contributed by atoms with Gasteiger partial charge in [0, 0.05) is 63.8 Å². The second-order valence-corrected chi connectivity index (χ2v) is 8.63. The lowest BCUT2D eigenvalue weighted by Crippen LogP contribution is -2.52. The number of fused-ring (bicyclic) bond motifs is 5. The number of para-hydroxylation sites is 1. The lowest BCUT2D eigenvalue weighted by Gasteiger charge is -2.36. The predicted molar refractivity (Wildman–Crippen MR) is 128 cm³/mol. The number of anilines is 1. The Kier molecular flexibility index (Phi) is 6.72. The number of likely N-dealkylation sites (tertiary alicyclic amines) is 1. The number of nitrogens with zero attached hydrogens (tertiary/aromatic N) is 4. The van der Waals surface area contributed by atoms with Crippen molar-refractivity contribution in [3.05, 3.63) is 30.3 Å². The van der Waals surface area contributed by atoms with Crippen molar-refractivity contribution in [1.29, 1.82) is 0 Å². The van der Waals surface area contributed by atoms with Gasteiger partial charge in [0.25, 0.3) is 0 Å². The van der Waals surface area contributed by atoms with Crippen molar-refractivity contribution in [2.24, 2.45) is 16.8 Å². The van der Waals surface area contributed by atoms with Crippen LogP contribution in [0.2, 0.25) is 0 Å². The van der Waals surface area contributed by atoms with Gasteiger partial charge in [-0.3, -0.25) is 9.79 Å². The molecule has 0 spiro atoms. The number of hydrogen-bond donors (Lipinski definition) is 1. The van der Waals surface area contributed by atoms with Crippen LogP contribution in [0, 0.1) is 11.8 Å². The number of guanidine groups is 1. The number of aliphatic imine (C=N–C) groups is 1. The molecule has 4 fully saturated rings. The number of benzene rings is 1. The maximum absolute atomic E-state index is 12.7. The Morgan fingerprint density at radius 1 is 1.03 bits per heavy atom. The molecule has 4 unspecified atom stereocenters. The minimum atomic E-state index is 0. The SMILES string of the molecule is CN=C(NCC(=O)N1CCN(c2ccccc2)CC1)N1CC2C3CCC(O3)C2C1.I. The fourth-order valence-electron chi connectivity index (χ4n) is 5.58. The van der Waals surface area contributed by atoms with E-state index in [4.69, 9.17) is 4.74 Å². The van der Waals surface area contributed by atoms with E-state index in [1.807, 2.05) is 18.0 Å². The molecule has 4 saturated heterocycles. The van der Waals surface area contributed by atoms with Crippen LogP contribution in [-0.4, -0.2) is 86.7 Å². The Balaban J connectivity index is 0.00000218. The molecule has 4 atom stereocenters. The first-order valence-corrected chi connectivity index (χ1v) is 10.9. The summed E-state index contributed by atoms with van der Waals surface area (Å²) in [6, 6.07) is 10.4. The van der Waals surface area contributed by atoms with E-state index in [2.05, 4.69) is 44.4 Å². The fraction of sp³-hybridized carbons (Fsp3) is 0.636. The van der Waals surface area contributed by atoms with E-state index in [0.29, 0.717) is 30.6 Å². The summed E-state index contributed by atoms with van der Waals surface area (Å²) in [4.78, 5) is 23.8. The Labute approximate surface area is 195 Å². The van der Waals surface area contributed by atoms with E-state index in [0.717, 1.165) is 45.2 Å². The van der Waals surface area contributed by atoms with Gasteiger partial charge >= 0.3 is 0 Å². The summed E-state index contributed by atoms with van der Waals surface area (Å²) in [6.45, 7) is 5.59. The van der Waals surface area contributed by atoms with E-state index < -0.39 is 0 Å². The van der Waals surface area contributed by atoms with Crippen LogP contribution in [-0.2, 0) is 9.53 Å². The van der Waals surface area contributed by atoms with Crippen LogP contribution < -0.4 is 10.2 Å².